The Labute approximate surface area is 93.5 Å². The van der Waals surface area contributed by atoms with Gasteiger partial charge in [-0.05, 0) is 12.1 Å². The molecule has 15 heavy (non-hydrogen) atoms. The highest BCUT2D eigenvalue weighted by Gasteiger charge is 2.09. The fourth-order valence-electron chi connectivity index (χ4n) is 1.64. The summed E-state index contributed by atoms with van der Waals surface area (Å²) in [4.78, 5) is 0. The van der Waals surface area contributed by atoms with Crippen molar-refractivity contribution < 1.29 is 0 Å². The number of rotatable bonds is 3. The Hall–Kier alpha value is -1.42. The molecule has 2 aromatic rings. The first-order chi connectivity index (χ1) is 7.30. The van der Waals surface area contributed by atoms with Crippen LogP contribution in [0.25, 0.3) is 10.8 Å². The highest BCUT2D eigenvalue weighted by molar-refractivity contribution is 7.15. The molecule has 0 amide bonds. The first-order valence-electron chi connectivity index (χ1n) is 4.81. The van der Waals surface area contributed by atoms with Gasteiger partial charge in [0.2, 0.25) is 0 Å². The van der Waals surface area contributed by atoms with Gasteiger partial charge in [0.1, 0.15) is 0 Å². The topological polar surface area (TPSA) is 36.1 Å². The summed E-state index contributed by atoms with van der Waals surface area (Å²) in [6, 6.07) is 4.21. The number of hydrogen-bond acceptors (Lipinski definition) is 4. The lowest BCUT2D eigenvalue weighted by Crippen LogP contribution is -1.94. The maximum atomic E-state index is 3.29. The fourth-order valence-corrected chi connectivity index (χ4v) is 2.44. The zero-order valence-corrected chi connectivity index (χ0v) is 9.88. The van der Waals surface area contributed by atoms with Crippen molar-refractivity contribution in [2.75, 3.05) is 37.1 Å². The van der Waals surface area contributed by atoms with Gasteiger partial charge in [-0.2, -0.15) is 0 Å². The van der Waals surface area contributed by atoms with E-state index in [0.29, 0.717) is 0 Å². The van der Waals surface area contributed by atoms with Crippen molar-refractivity contribution in [3.8, 4) is 0 Å². The van der Waals surface area contributed by atoms with E-state index in [1.165, 1.54) is 5.39 Å². The molecular weight excluding hydrogens is 206 g/mol. The first-order valence-corrected chi connectivity index (χ1v) is 5.63. The molecule has 0 aliphatic rings. The molecule has 1 aromatic carbocycles. The molecule has 0 aliphatic heterocycles. The van der Waals surface area contributed by atoms with Gasteiger partial charge in [0.05, 0.1) is 10.4 Å². The van der Waals surface area contributed by atoms with Crippen LogP contribution in [0, 0.1) is 5.38 Å². The summed E-state index contributed by atoms with van der Waals surface area (Å²) in [5.41, 5.74) is 2.22. The normalized spacial score (nSPS) is 10.3. The van der Waals surface area contributed by atoms with Crippen molar-refractivity contribution in [2.45, 2.75) is 0 Å². The highest BCUT2D eigenvalue weighted by atomic mass is 32.1. The van der Waals surface area contributed by atoms with Crippen molar-refractivity contribution >= 4 is 38.5 Å². The minimum atomic E-state index is 1.10. The molecule has 0 saturated carbocycles. The Balaban J connectivity index is 2.72. The molecular formula is C11H14N3S. The Kier molecular flexibility index (Phi) is 2.68. The van der Waals surface area contributed by atoms with Crippen LogP contribution in [-0.4, -0.2) is 21.1 Å². The molecule has 0 bridgehead atoms. The number of anilines is 3. The Morgan fingerprint density at radius 2 is 1.87 bits per heavy atom. The SMILES string of the molecule is CNc1cc(NC)c2c(NC)s[c]c2c1. The molecule has 0 aliphatic carbocycles. The fraction of sp³-hybridized carbons (Fsp3) is 0.273. The van der Waals surface area contributed by atoms with Crippen molar-refractivity contribution in [2.24, 2.45) is 0 Å². The van der Waals surface area contributed by atoms with E-state index < -0.39 is 0 Å². The second-order valence-corrected chi connectivity index (χ2v) is 4.05. The van der Waals surface area contributed by atoms with E-state index in [9.17, 15) is 0 Å². The number of benzene rings is 1. The van der Waals surface area contributed by atoms with Crippen LogP contribution in [-0.2, 0) is 0 Å². The Bertz CT molecular complexity index is 476. The summed E-state index contributed by atoms with van der Waals surface area (Å²) in [7, 11) is 5.79. The van der Waals surface area contributed by atoms with Crippen LogP contribution < -0.4 is 16.0 Å². The average Bonchev–Trinajstić information content (AvgIpc) is 2.70. The van der Waals surface area contributed by atoms with E-state index in [1.807, 2.05) is 21.1 Å². The van der Waals surface area contributed by atoms with Crippen LogP contribution in [0.15, 0.2) is 12.1 Å². The van der Waals surface area contributed by atoms with E-state index in [0.717, 1.165) is 21.8 Å². The monoisotopic (exact) mass is 220 g/mol. The number of fused-ring (bicyclic) bond motifs is 1. The molecule has 0 fully saturated rings. The molecule has 1 radical (unpaired) electrons. The minimum absolute atomic E-state index is 1.10. The van der Waals surface area contributed by atoms with E-state index in [1.54, 1.807) is 11.3 Å². The van der Waals surface area contributed by atoms with Gasteiger partial charge >= 0.3 is 0 Å². The van der Waals surface area contributed by atoms with Crippen LogP contribution >= 0.6 is 11.3 Å². The summed E-state index contributed by atoms with van der Waals surface area (Å²) < 4.78 is 0. The lowest BCUT2D eigenvalue weighted by Gasteiger charge is -2.08. The van der Waals surface area contributed by atoms with E-state index in [2.05, 4.69) is 33.5 Å². The molecule has 79 valence electrons. The molecule has 3 N–H and O–H groups in total. The first kappa shape index (κ1) is 10.1. The third-order valence-corrected chi connectivity index (χ3v) is 3.35. The summed E-state index contributed by atoms with van der Waals surface area (Å²) in [6.45, 7) is 0. The predicted octanol–water partition coefficient (Wildman–Crippen LogP) is 2.83. The standard InChI is InChI=1S/C11H14N3S/c1-12-8-4-7-6-15-11(14-3)10(7)9(5-8)13-2/h4-5,12-14H,1-3H3. The maximum Gasteiger partial charge on any atom is 0.0987 e. The maximum absolute atomic E-state index is 3.29. The van der Waals surface area contributed by atoms with Crippen LogP contribution in [0.3, 0.4) is 0 Å². The molecule has 0 saturated heterocycles. The van der Waals surface area contributed by atoms with Gasteiger partial charge < -0.3 is 16.0 Å². The number of hydrogen-bond donors (Lipinski definition) is 3. The lowest BCUT2D eigenvalue weighted by molar-refractivity contribution is 1.50. The number of thiophene rings is 1. The highest BCUT2D eigenvalue weighted by Crippen LogP contribution is 2.37. The molecule has 3 nitrogen and oxygen atoms in total. The molecule has 4 heteroatoms. The van der Waals surface area contributed by atoms with Crippen LogP contribution in [0.1, 0.15) is 0 Å². The van der Waals surface area contributed by atoms with Gasteiger partial charge in [-0.3, -0.25) is 0 Å². The third-order valence-electron chi connectivity index (χ3n) is 2.41. The van der Waals surface area contributed by atoms with Gasteiger partial charge in [0.25, 0.3) is 0 Å². The third kappa shape index (κ3) is 1.61. The molecule has 1 aromatic heterocycles. The molecule has 2 rings (SSSR count). The van der Waals surface area contributed by atoms with Gasteiger partial charge in [0, 0.05) is 43.3 Å². The lowest BCUT2D eigenvalue weighted by atomic mass is 10.1. The van der Waals surface area contributed by atoms with E-state index in [4.69, 9.17) is 0 Å². The Morgan fingerprint density at radius 3 is 2.47 bits per heavy atom. The number of nitrogens with one attached hydrogen (secondary N) is 3. The molecule has 0 unspecified atom stereocenters. The Morgan fingerprint density at radius 1 is 1.07 bits per heavy atom. The van der Waals surface area contributed by atoms with Gasteiger partial charge in [-0.1, -0.05) is 0 Å². The smallest absolute Gasteiger partial charge is 0.0987 e. The summed E-state index contributed by atoms with van der Waals surface area (Å²) in [5.74, 6) is 0. The van der Waals surface area contributed by atoms with Crippen LogP contribution in [0.2, 0.25) is 0 Å². The van der Waals surface area contributed by atoms with Crippen LogP contribution in [0.5, 0.6) is 0 Å². The zero-order valence-electron chi connectivity index (χ0n) is 9.06. The molecule has 1 heterocycles. The van der Waals surface area contributed by atoms with Gasteiger partial charge in [-0.15, -0.1) is 11.3 Å². The van der Waals surface area contributed by atoms with E-state index in [-0.39, 0.29) is 0 Å². The van der Waals surface area contributed by atoms with Crippen LogP contribution in [0.4, 0.5) is 16.4 Å². The van der Waals surface area contributed by atoms with Crippen molar-refractivity contribution in [3.05, 3.63) is 17.5 Å². The van der Waals surface area contributed by atoms with Crippen molar-refractivity contribution in [1.29, 1.82) is 0 Å². The second-order valence-electron chi connectivity index (χ2n) is 3.23. The van der Waals surface area contributed by atoms with Gasteiger partial charge in [0.15, 0.2) is 0 Å². The second kappa shape index (κ2) is 3.98. The molecule has 0 spiro atoms. The predicted molar refractivity (Wildman–Crippen MR) is 69.3 cm³/mol. The quantitative estimate of drug-likeness (QED) is 0.744. The van der Waals surface area contributed by atoms with Crippen molar-refractivity contribution in [3.63, 3.8) is 0 Å². The summed E-state index contributed by atoms with van der Waals surface area (Å²) in [6.07, 6.45) is 0. The zero-order chi connectivity index (χ0) is 10.8. The summed E-state index contributed by atoms with van der Waals surface area (Å²) in [5, 5.41) is 16.3. The van der Waals surface area contributed by atoms with Crippen molar-refractivity contribution in [1.82, 2.24) is 0 Å². The van der Waals surface area contributed by atoms with E-state index >= 15 is 0 Å². The largest absolute Gasteiger partial charge is 0.388 e. The molecule has 0 atom stereocenters. The van der Waals surface area contributed by atoms with Gasteiger partial charge in [-0.25, -0.2) is 0 Å². The summed E-state index contributed by atoms with van der Waals surface area (Å²) >= 11 is 1.61. The average molecular weight is 220 g/mol. The minimum Gasteiger partial charge on any atom is -0.388 e.